The Morgan fingerprint density at radius 2 is 2.07 bits per heavy atom. The van der Waals surface area contributed by atoms with Crippen molar-refractivity contribution in [3.63, 3.8) is 0 Å². The molecule has 0 bridgehead atoms. The van der Waals surface area contributed by atoms with Crippen molar-refractivity contribution >= 4 is 35.2 Å². The fourth-order valence-corrected chi connectivity index (χ4v) is 4.12. The zero-order valence-corrected chi connectivity index (χ0v) is 15.2. The van der Waals surface area contributed by atoms with Crippen LogP contribution in [0.2, 0.25) is 0 Å². The Morgan fingerprint density at radius 1 is 1.30 bits per heavy atom. The summed E-state index contributed by atoms with van der Waals surface area (Å²) >= 11 is 1.37. The molecule has 0 radical (unpaired) electrons. The molecule has 1 aliphatic rings. The number of hydrogen-bond acceptors (Lipinski definition) is 6. The summed E-state index contributed by atoms with van der Waals surface area (Å²) in [6.45, 7) is 0.776. The number of nitrogens with one attached hydrogen (secondary N) is 1. The zero-order chi connectivity index (χ0) is 19.4. The van der Waals surface area contributed by atoms with Crippen LogP contribution in [0.3, 0.4) is 0 Å². The lowest BCUT2D eigenvalue weighted by atomic mass is 10.2. The summed E-state index contributed by atoms with van der Waals surface area (Å²) in [5, 5.41) is 1.90. The molecule has 142 valence electrons. The van der Waals surface area contributed by atoms with Gasteiger partial charge in [-0.15, -0.1) is 11.8 Å². The largest absolute Gasteiger partial charge is 0.466 e. The fraction of sp³-hybridized carbons (Fsp3) is 0.278. The van der Waals surface area contributed by atoms with Gasteiger partial charge in [-0.25, -0.2) is 9.18 Å². The van der Waals surface area contributed by atoms with Gasteiger partial charge in [0, 0.05) is 12.7 Å². The number of benzene rings is 1. The van der Waals surface area contributed by atoms with E-state index in [-0.39, 0.29) is 11.6 Å². The molecule has 1 aliphatic heterocycles. The second kappa shape index (κ2) is 8.26. The van der Waals surface area contributed by atoms with Crippen molar-refractivity contribution in [3.05, 3.63) is 54.2 Å². The number of amides is 2. The first-order valence-electron chi connectivity index (χ1n) is 8.12. The van der Waals surface area contributed by atoms with E-state index in [2.05, 4.69) is 5.32 Å². The minimum absolute atomic E-state index is 0.00165. The van der Waals surface area contributed by atoms with Crippen molar-refractivity contribution < 1.29 is 27.9 Å². The van der Waals surface area contributed by atoms with Crippen LogP contribution in [0.1, 0.15) is 18.1 Å². The maximum absolute atomic E-state index is 13.5. The molecule has 2 atom stereocenters. The van der Waals surface area contributed by atoms with Gasteiger partial charge in [-0.2, -0.15) is 0 Å². The standard InChI is InChI=1S/C18H17FN2O5S/c1-11(22)21-14(10-27-17(21)15-7-4-8-25-15)18(24)26-9-16(23)20-13-6-3-2-5-12(13)19/h2-8,14,17H,9-10H2,1H3,(H,20,23)/t14-,17-/m0/s1. The van der Waals surface area contributed by atoms with Gasteiger partial charge in [0.25, 0.3) is 5.91 Å². The molecule has 1 aromatic heterocycles. The number of anilines is 1. The minimum Gasteiger partial charge on any atom is -0.466 e. The van der Waals surface area contributed by atoms with E-state index in [1.165, 1.54) is 48.0 Å². The number of thioether (sulfide) groups is 1. The second-order valence-electron chi connectivity index (χ2n) is 5.78. The molecular formula is C18H17FN2O5S. The van der Waals surface area contributed by atoms with E-state index in [0.717, 1.165) is 0 Å². The molecule has 0 saturated carbocycles. The number of carbonyl (C=O) groups is 3. The van der Waals surface area contributed by atoms with Crippen LogP contribution in [-0.2, 0) is 19.1 Å². The first-order chi connectivity index (χ1) is 13.0. The number of hydrogen-bond donors (Lipinski definition) is 1. The van der Waals surface area contributed by atoms with Gasteiger partial charge in [-0.05, 0) is 24.3 Å². The predicted octanol–water partition coefficient (Wildman–Crippen LogP) is 2.56. The van der Waals surface area contributed by atoms with Crippen molar-refractivity contribution in [2.75, 3.05) is 17.7 Å². The van der Waals surface area contributed by atoms with Crippen molar-refractivity contribution in [3.8, 4) is 0 Å². The topological polar surface area (TPSA) is 88.8 Å². The van der Waals surface area contributed by atoms with Crippen LogP contribution in [-0.4, -0.2) is 41.1 Å². The Hall–Kier alpha value is -2.81. The van der Waals surface area contributed by atoms with E-state index in [4.69, 9.17) is 9.15 Å². The summed E-state index contributed by atoms with van der Waals surface area (Å²) in [6, 6.07) is 8.26. The molecule has 1 aromatic carbocycles. The summed E-state index contributed by atoms with van der Waals surface area (Å²) in [5.74, 6) is -1.39. The van der Waals surface area contributed by atoms with E-state index >= 15 is 0 Å². The lowest BCUT2D eigenvalue weighted by Crippen LogP contribution is -2.43. The van der Waals surface area contributed by atoms with Crippen molar-refractivity contribution in [2.45, 2.75) is 18.3 Å². The van der Waals surface area contributed by atoms with Gasteiger partial charge in [0.2, 0.25) is 5.91 Å². The quantitative estimate of drug-likeness (QED) is 0.787. The number of furan rings is 1. The Kier molecular flexibility index (Phi) is 5.80. The molecule has 9 heteroatoms. The Morgan fingerprint density at radius 3 is 2.74 bits per heavy atom. The number of halogens is 1. The SMILES string of the molecule is CC(=O)N1[C@H](C(=O)OCC(=O)Nc2ccccc2F)CS[C@H]1c1ccco1. The van der Waals surface area contributed by atoms with E-state index < -0.39 is 35.7 Å². The normalized spacial score (nSPS) is 19.0. The molecule has 1 N–H and O–H groups in total. The first-order valence-corrected chi connectivity index (χ1v) is 9.17. The van der Waals surface area contributed by atoms with Crippen molar-refractivity contribution in [1.82, 2.24) is 4.90 Å². The molecule has 7 nitrogen and oxygen atoms in total. The van der Waals surface area contributed by atoms with Gasteiger partial charge in [0.1, 0.15) is 23.0 Å². The second-order valence-corrected chi connectivity index (χ2v) is 6.89. The first kappa shape index (κ1) is 19.0. The molecule has 0 aliphatic carbocycles. The molecule has 3 rings (SSSR count). The molecule has 1 fully saturated rings. The highest BCUT2D eigenvalue weighted by molar-refractivity contribution is 7.99. The fourth-order valence-electron chi connectivity index (χ4n) is 2.71. The number of nitrogens with zero attached hydrogens (tertiary/aromatic N) is 1. The Bertz CT molecular complexity index is 842. The molecular weight excluding hydrogens is 375 g/mol. The van der Waals surface area contributed by atoms with Crippen molar-refractivity contribution in [2.24, 2.45) is 0 Å². The van der Waals surface area contributed by atoms with E-state index in [0.29, 0.717) is 11.5 Å². The molecule has 0 unspecified atom stereocenters. The van der Waals surface area contributed by atoms with E-state index in [1.807, 2.05) is 0 Å². The smallest absolute Gasteiger partial charge is 0.330 e. The van der Waals surface area contributed by atoms with Crippen LogP contribution in [0.4, 0.5) is 10.1 Å². The zero-order valence-electron chi connectivity index (χ0n) is 14.4. The monoisotopic (exact) mass is 392 g/mol. The van der Waals surface area contributed by atoms with E-state index in [9.17, 15) is 18.8 Å². The van der Waals surface area contributed by atoms with Crippen LogP contribution in [0.5, 0.6) is 0 Å². The average Bonchev–Trinajstić information content (AvgIpc) is 3.30. The number of para-hydroxylation sites is 1. The van der Waals surface area contributed by atoms with Gasteiger partial charge in [0.15, 0.2) is 6.61 Å². The summed E-state index contributed by atoms with van der Waals surface area (Å²) in [4.78, 5) is 37.7. The number of esters is 1. The molecule has 2 amide bonds. The van der Waals surface area contributed by atoms with Crippen LogP contribution in [0.25, 0.3) is 0 Å². The van der Waals surface area contributed by atoms with Crippen LogP contribution in [0.15, 0.2) is 47.1 Å². The maximum Gasteiger partial charge on any atom is 0.330 e. The minimum atomic E-state index is -0.830. The lowest BCUT2D eigenvalue weighted by molar-refractivity contribution is -0.155. The highest BCUT2D eigenvalue weighted by Crippen LogP contribution is 2.41. The van der Waals surface area contributed by atoms with Crippen LogP contribution < -0.4 is 5.32 Å². The van der Waals surface area contributed by atoms with Crippen LogP contribution in [0, 0.1) is 5.82 Å². The van der Waals surface area contributed by atoms with Gasteiger partial charge < -0.3 is 19.4 Å². The summed E-state index contributed by atoms with van der Waals surface area (Å²) < 4.78 is 23.9. The maximum atomic E-state index is 13.5. The Labute approximate surface area is 158 Å². The number of ether oxygens (including phenoxy) is 1. The highest BCUT2D eigenvalue weighted by atomic mass is 32.2. The lowest BCUT2D eigenvalue weighted by Gasteiger charge is -2.25. The summed E-state index contributed by atoms with van der Waals surface area (Å²) in [7, 11) is 0. The molecule has 27 heavy (non-hydrogen) atoms. The van der Waals surface area contributed by atoms with Gasteiger partial charge in [-0.1, -0.05) is 12.1 Å². The van der Waals surface area contributed by atoms with Gasteiger partial charge in [-0.3, -0.25) is 9.59 Å². The van der Waals surface area contributed by atoms with Gasteiger partial charge in [0.05, 0.1) is 12.0 Å². The Balaban J connectivity index is 1.59. The average molecular weight is 392 g/mol. The third kappa shape index (κ3) is 4.30. The molecule has 2 aromatic rings. The predicted molar refractivity (Wildman–Crippen MR) is 96.2 cm³/mol. The van der Waals surface area contributed by atoms with Crippen LogP contribution >= 0.6 is 11.8 Å². The third-order valence-electron chi connectivity index (χ3n) is 3.92. The summed E-state index contributed by atoms with van der Waals surface area (Å²) in [6.07, 6.45) is 1.49. The van der Waals surface area contributed by atoms with Crippen molar-refractivity contribution in [1.29, 1.82) is 0 Å². The third-order valence-corrected chi connectivity index (χ3v) is 5.20. The molecule has 1 saturated heterocycles. The summed E-state index contributed by atoms with van der Waals surface area (Å²) in [5.41, 5.74) is -0.00165. The highest BCUT2D eigenvalue weighted by Gasteiger charge is 2.43. The van der Waals surface area contributed by atoms with E-state index in [1.54, 1.807) is 18.2 Å². The molecule has 2 heterocycles. The van der Waals surface area contributed by atoms with Gasteiger partial charge >= 0.3 is 5.97 Å². The number of rotatable bonds is 5. The molecule has 0 spiro atoms. The number of carbonyl (C=O) groups excluding carboxylic acids is 3.